The van der Waals surface area contributed by atoms with Gasteiger partial charge in [0.1, 0.15) is 6.10 Å². The lowest BCUT2D eigenvalue weighted by Crippen LogP contribution is -2.46. The summed E-state index contributed by atoms with van der Waals surface area (Å²) in [6, 6.07) is 0. The van der Waals surface area contributed by atoms with E-state index in [4.69, 9.17) is 14.2 Å². The van der Waals surface area contributed by atoms with Crippen molar-refractivity contribution >= 4 is 17.9 Å². The highest BCUT2D eigenvalue weighted by atomic mass is 16.6. The molecule has 2 aliphatic rings. The quantitative estimate of drug-likeness (QED) is 0.287. The summed E-state index contributed by atoms with van der Waals surface area (Å²) in [7, 11) is 0. The van der Waals surface area contributed by atoms with E-state index in [2.05, 4.69) is 6.58 Å². The first-order valence-corrected chi connectivity index (χ1v) is 10.1. The predicted molar refractivity (Wildman–Crippen MR) is 107 cm³/mol. The van der Waals surface area contributed by atoms with Crippen molar-refractivity contribution in [3.8, 4) is 0 Å². The summed E-state index contributed by atoms with van der Waals surface area (Å²) < 4.78 is 16.7. The molecule has 1 saturated heterocycles. The third-order valence-corrected chi connectivity index (χ3v) is 5.50. The van der Waals surface area contributed by atoms with Crippen LogP contribution in [0, 0.1) is 11.8 Å². The standard InChI is InChI=1S/C22H30O8/c1-5-12(2)21(26)30-20-18-13(3)22(27)29-17(18)9-15(10-23)7-6-8-16(11-24)19(20)28-14(4)25/h8-9,12,17-20,23-24H,3,5-7,10-11H2,1-2,4H3/b15-9-,16-8+/t12-,17+,18-,19-,20-/m0/s1. The molecule has 0 unspecified atom stereocenters. The van der Waals surface area contributed by atoms with Crippen LogP contribution in [0.3, 0.4) is 0 Å². The highest BCUT2D eigenvalue weighted by Gasteiger charge is 2.49. The van der Waals surface area contributed by atoms with Gasteiger partial charge in [-0.05, 0) is 36.5 Å². The second kappa shape index (κ2) is 10.5. The van der Waals surface area contributed by atoms with E-state index in [1.165, 1.54) is 6.92 Å². The van der Waals surface area contributed by atoms with E-state index in [9.17, 15) is 24.6 Å². The SMILES string of the molecule is C=C1C(=O)O[C@@H]2/C=C(\CO)CC/C=C(\CO)[C@H](OC(C)=O)[C@@H](OC(=O)[C@@H](C)CC)[C@@H]12. The second-order valence-electron chi connectivity index (χ2n) is 7.62. The lowest BCUT2D eigenvalue weighted by molar-refractivity contribution is -0.171. The largest absolute Gasteiger partial charge is 0.457 e. The van der Waals surface area contributed by atoms with Crippen LogP contribution in [-0.2, 0) is 28.6 Å². The number of hydrogen-bond acceptors (Lipinski definition) is 8. The molecule has 2 rings (SSSR count). The van der Waals surface area contributed by atoms with Crippen LogP contribution < -0.4 is 0 Å². The van der Waals surface area contributed by atoms with Crippen molar-refractivity contribution in [2.75, 3.05) is 13.2 Å². The van der Waals surface area contributed by atoms with Gasteiger partial charge in [-0.1, -0.05) is 26.5 Å². The summed E-state index contributed by atoms with van der Waals surface area (Å²) in [4.78, 5) is 36.8. The van der Waals surface area contributed by atoms with Crippen LogP contribution in [0.15, 0.2) is 35.5 Å². The van der Waals surface area contributed by atoms with E-state index >= 15 is 0 Å². The third kappa shape index (κ3) is 5.37. The average Bonchev–Trinajstić information content (AvgIpc) is 2.99. The smallest absolute Gasteiger partial charge is 0.334 e. The van der Waals surface area contributed by atoms with E-state index in [1.54, 1.807) is 19.1 Å². The van der Waals surface area contributed by atoms with Crippen LogP contribution in [0.25, 0.3) is 0 Å². The molecule has 0 bridgehead atoms. The zero-order valence-corrected chi connectivity index (χ0v) is 17.6. The molecule has 0 spiro atoms. The molecule has 0 aromatic heterocycles. The first-order chi connectivity index (χ1) is 14.2. The highest BCUT2D eigenvalue weighted by molar-refractivity contribution is 5.91. The highest BCUT2D eigenvalue weighted by Crippen LogP contribution is 2.37. The Balaban J connectivity index is 2.61. The van der Waals surface area contributed by atoms with Crippen molar-refractivity contribution in [1.29, 1.82) is 0 Å². The van der Waals surface area contributed by atoms with Gasteiger partial charge in [0.25, 0.3) is 0 Å². The number of rotatable bonds is 6. The Labute approximate surface area is 176 Å². The molecule has 1 aliphatic carbocycles. The minimum Gasteiger partial charge on any atom is -0.457 e. The lowest BCUT2D eigenvalue weighted by Gasteiger charge is -2.34. The van der Waals surface area contributed by atoms with Crippen LogP contribution in [-0.4, -0.2) is 59.6 Å². The van der Waals surface area contributed by atoms with Crippen molar-refractivity contribution in [3.05, 3.63) is 35.5 Å². The number of aliphatic hydroxyl groups excluding tert-OH is 2. The third-order valence-electron chi connectivity index (χ3n) is 5.50. The normalized spacial score (nSPS) is 31.4. The number of hydrogen-bond donors (Lipinski definition) is 2. The Bertz CT molecular complexity index is 750. The van der Waals surface area contributed by atoms with Crippen molar-refractivity contribution in [3.63, 3.8) is 0 Å². The Morgan fingerprint density at radius 2 is 2.00 bits per heavy atom. The zero-order valence-electron chi connectivity index (χ0n) is 17.6. The average molecular weight is 422 g/mol. The molecule has 0 amide bonds. The Hall–Kier alpha value is -2.45. The van der Waals surface area contributed by atoms with Crippen LogP contribution in [0.4, 0.5) is 0 Å². The van der Waals surface area contributed by atoms with Crippen LogP contribution in [0.2, 0.25) is 0 Å². The van der Waals surface area contributed by atoms with Gasteiger partial charge < -0.3 is 24.4 Å². The molecule has 0 aromatic rings. The molecule has 5 atom stereocenters. The summed E-state index contributed by atoms with van der Waals surface area (Å²) in [5, 5.41) is 19.6. The second-order valence-corrected chi connectivity index (χ2v) is 7.62. The molecule has 0 radical (unpaired) electrons. The maximum atomic E-state index is 12.7. The van der Waals surface area contributed by atoms with Gasteiger partial charge in [0.05, 0.1) is 25.0 Å². The maximum absolute atomic E-state index is 12.7. The monoisotopic (exact) mass is 422 g/mol. The topological polar surface area (TPSA) is 119 Å². The molecule has 8 heteroatoms. The fourth-order valence-electron chi connectivity index (χ4n) is 3.56. The van der Waals surface area contributed by atoms with E-state index in [0.717, 1.165) is 0 Å². The summed E-state index contributed by atoms with van der Waals surface area (Å²) >= 11 is 0. The van der Waals surface area contributed by atoms with Gasteiger partial charge in [-0.15, -0.1) is 0 Å². The number of fused-ring (bicyclic) bond motifs is 1. The van der Waals surface area contributed by atoms with Crippen molar-refractivity contribution in [1.82, 2.24) is 0 Å². The van der Waals surface area contributed by atoms with E-state index in [1.807, 2.05) is 6.92 Å². The number of carbonyl (C=O) groups is 3. The van der Waals surface area contributed by atoms with Gasteiger partial charge in [0.2, 0.25) is 0 Å². The van der Waals surface area contributed by atoms with Crippen molar-refractivity contribution < 1.29 is 38.8 Å². The molecule has 2 N–H and O–H groups in total. The molecular weight excluding hydrogens is 392 g/mol. The Kier molecular flexibility index (Phi) is 8.37. The van der Waals surface area contributed by atoms with Gasteiger partial charge in [-0.2, -0.15) is 0 Å². The summed E-state index contributed by atoms with van der Waals surface area (Å²) in [6.45, 7) is 7.89. The first-order valence-electron chi connectivity index (χ1n) is 10.1. The number of carbonyl (C=O) groups excluding carboxylic acids is 3. The Morgan fingerprint density at radius 1 is 1.30 bits per heavy atom. The summed E-state index contributed by atoms with van der Waals surface area (Å²) in [6.07, 6.45) is 1.67. The molecule has 30 heavy (non-hydrogen) atoms. The van der Waals surface area contributed by atoms with Crippen LogP contribution in [0.5, 0.6) is 0 Å². The van der Waals surface area contributed by atoms with E-state index < -0.39 is 54.7 Å². The molecule has 166 valence electrons. The molecular formula is C22H30O8. The number of aliphatic hydroxyl groups is 2. The van der Waals surface area contributed by atoms with E-state index in [0.29, 0.717) is 30.4 Å². The fraction of sp³-hybridized carbons (Fsp3) is 0.591. The van der Waals surface area contributed by atoms with Crippen molar-refractivity contribution in [2.45, 2.75) is 58.3 Å². The molecule has 1 fully saturated rings. The number of esters is 3. The predicted octanol–water partition coefficient (Wildman–Crippen LogP) is 1.60. The minimum absolute atomic E-state index is 0.0745. The molecule has 8 nitrogen and oxygen atoms in total. The number of allylic oxidation sites excluding steroid dienone is 1. The number of ether oxygens (including phenoxy) is 3. The van der Waals surface area contributed by atoms with Crippen LogP contribution >= 0.6 is 0 Å². The Morgan fingerprint density at radius 3 is 2.57 bits per heavy atom. The maximum Gasteiger partial charge on any atom is 0.334 e. The molecule has 1 heterocycles. The van der Waals surface area contributed by atoms with Gasteiger partial charge in [0.15, 0.2) is 12.2 Å². The molecule has 1 aliphatic heterocycles. The van der Waals surface area contributed by atoms with Gasteiger partial charge in [-0.25, -0.2) is 4.79 Å². The van der Waals surface area contributed by atoms with Gasteiger partial charge >= 0.3 is 17.9 Å². The summed E-state index contributed by atoms with van der Waals surface area (Å²) in [5.41, 5.74) is 1.06. The molecule has 0 aromatic carbocycles. The first kappa shape index (κ1) is 23.8. The lowest BCUT2D eigenvalue weighted by atomic mass is 9.83. The minimum atomic E-state index is -1.13. The zero-order chi connectivity index (χ0) is 22.4. The van der Waals surface area contributed by atoms with E-state index in [-0.39, 0.29) is 12.2 Å². The van der Waals surface area contributed by atoms with Crippen LogP contribution in [0.1, 0.15) is 40.0 Å². The van der Waals surface area contributed by atoms with Gasteiger partial charge in [-0.3, -0.25) is 9.59 Å². The van der Waals surface area contributed by atoms with Crippen molar-refractivity contribution in [2.24, 2.45) is 11.8 Å². The summed E-state index contributed by atoms with van der Waals surface area (Å²) in [5.74, 6) is -3.07. The van der Waals surface area contributed by atoms with Gasteiger partial charge in [0, 0.05) is 12.5 Å². The molecule has 0 saturated carbocycles. The fourth-order valence-corrected chi connectivity index (χ4v) is 3.56.